The molecule has 0 spiro atoms. The van der Waals surface area contributed by atoms with Crippen LogP contribution in [0.4, 0.5) is 0 Å². The number of hydrogen-bond acceptors (Lipinski definition) is 7. The third-order valence-electron chi connectivity index (χ3n) is 8.12. The van der Waals surface area contributed by atoms with Gasteiger partial charge in [0.15, 0.2) is 0 Å². The normalized spacial score (nSPS) is 18.3. The molecule has 1 fully saturated rings. The van der Waals surface area contributed by atoms with E-state index in [9.17, 15) is 4.79 Å². The van der Waals surface area contributed by atoms with Gasteiger partial charge in [0.1, 0.15) is 0 Å². The van der Waals surface area contributed by atoms with Gasteiger partial charge < -0.3 is 19.4 Å². The van der Waals surface area contributed by atoms with Crippen LogP contribution in [0, 0.1) is 10.8 Å². The number of rotatable bonds is 14. The van der Waals surface area contributed by atoms with Gasteiger partial charge in [0.05, 0.1) is 5.44 Å². The van der Waals surface area contributed by atoms with Gasteiger partial charge in [-0.3, -0.25) is 4.79 Å². The molecule has 1 aliphatic rings. The van der Waals surface area contributed by atoms with Crippen molar-refractivity contribution in [3.05, 3.63) is 11.8 Å². The quantitative estimate of drug-likeness (QED) is 0.182. The maximum atomic E-state index is 12.9. The molecule has 0 bridgehead atoms. The lowest BCUT2D eigenvalue weighted by molar-refractivity contribution is -0.135. The third kappa shape index (κ3) is 9.64. The second kappa shape index (κ2) is 13.6. The maximum absolute atomic E-state index is 12.9. The number of ether oxygens (including phenoxy) is 1. The van der Waals surface area contributed by atoms with E-state index in [0.29, 0.717) is 30.7 Å². The number of hydrogen-bond donors (Lipinski definition) is 2. The summed E-state index contributed by atoms with van der Waals surface area (Å²) in [6.45, 7) is 21.1. The number of piperidine rings is 1. The van der Waals surface area contributed by atoms with Crippen LogP contribution in [0.5, 0.6) is 0 Å². The minimum atomic E-state index is -0.149. The highest BCUT2D eigenvalue weighted by atomic mass is 32.1. The average molecular weight is 525 g/mol. The largest absolute Gasteiger partial charge is 0.425 e. The topological polar surface area (TPSA) is 80.5 Å². The van der Waals surface area contributed by atoms with Crippen LogP contribution in [0.2, 0.25) is 0 Å². The maximum Gasteiger partial charge on any atom is 0.222 e. The smallest absolute Gasteiger partial charge is 0.222 e. The number of amides is 1. The van der Waals surface area contributed by atoms with Crippen molar-refractivity contribution < 1.29 is 13.9 Å². The number of carbonyl (C=O) groups is 1. The summed E-state index contributed by atoms with van der Waals surface area (Å²) in [4.78, 5) is 14.9. The molecule has 0 radical (unpaired) electrons. The van der Waals surface area contributed by atoms with Crippen LogP contribution in [-0.2, 0) is 21.4 Å². The molecule has 2 heterocycles. The summed E-state index contributed by atoms with van der Waals surface area (Å²) in [6, 6.07) is 0.487. The Labute approximate surface area is 225 Å². The Bertz CT molecular complexity index is 795. The van der Waals surface area contributed by atoms with Gasteiger partial charge in [0.25, 0.3) is 0 Å². The van der Waals surface area contributed by atoms with Crippen LogP contribution in [0.1, 0.15) is 112 Å². The zero-order valence-corrected chi connectivity index (χ0v) is 25.0. The number of thiol groups is 1. The molecule has 1 aromatic heterocycles. The third-order valence-corrected chi connectivity index (χ3v) is 8.27. The highest BCUT2D eigenvalue weighted by Gasteiger charge is 2.43. The van der Waals surface area contributed by atoms with E-state index in [2.05, 4.69) is 81.5 Å². The first kappa shape index (κ1) is 31.1. The van der Waals surface area contributed by atoms with E-state index in [1.165, 1.54) is 6.42 Å². The van der Waals surface area contributed by atoms with E-state index in [1.807, 2.05) is 6.92 Å². The molecule has 7 nitrogen and oxygen atoms in total. The molecule has 208 valence electrons. The van der Waals surface area contributed by atoms with Gasteiger partial charge in [-0.15, -0.1) is 22.8 Å². The Balaban J connectivity index is 1.70. The monoisotopic (exact) mass is 524 g/mol. The Kier molecular flexibility index (Phi) is 11.8. The molecule has 1 aromatic rings. The Morgan fingerprint density at radius 1 is 1.17 bits per heavy atom. The average Bonchev–Trinajstić information content (AvgIpc) is 3.27. The lowest BCUT2D eigenvalue weighted by Crippen LogP contribution is -2.48. The molecule has 0 aliphatic carbocycles. The fourth-order valence-corrected chi connectivity index (χ4v) is 4.89. The van der Waals surface area contributed by atoms with E-state index in [0.717, 1.165) is 58.3 Å². The van der Waals surface area contributed by atoms with Gasteiger partial charge in [-0.25, -0.2) is 0 Å². The molecular weight excluding hydrogens is 472 g/mol. The lowest BCUT2D eigenvalue weighted by atomic mass is 9.59. The first-order valence-electron chi connectivity index (χ1n) is 13.9. The second-order valence-corrected chi connectivity index (χ2v) is 13.4. The van der Waals surface area contributed by atoms with Crippen molar-refractivity contribution in [2.24, 2.45) is 10.8 Å². The zero-order chi connectivity index (χ0) is 27.0. The Hall–Kier alpha value is -1.12. The Morgan fingerprint density at radius 3 is 2.42 bits per heavy atom. The summed E-state index contributed by atoms with van der Waals surface area (Å²) in [5.41, 5.74) is 0.326. The number of carbonyl (C=O) groups excluding carboxylic acids is 1. The van der Waals surface area contributed by atoms with Crippen molar-refractivity contribution in [3.8, 4) is 0 Å². The van der Waals surface area contributed by atoms with Gasteiger partial charge >= 0.3 is 0 Å². The molecule has 2 atom stereocenters. The Morgan fingerprint density at radius 2 is 1.83 bits per heavy atom. The molecule has 0 aromatic carbocycles. The molecule has 36 heavy (non-hydrogen) atoms. The summed E-state index contributed by atoms with van der Waals surface area (Å²) in [5, 5.41) is 11.9. The minimum Gasteiger partial charge on any atom is -0.425 e. The van der Waals surface area contributed by atoms with Crippen LogP contribution in [0.3, 0.4) is 0 Å². The fourth-order valence-electron chi connectivity index (χ4n) is 4.79. The van der Waals surface area contributed by atoms with Crippen molar-refractivity contribution in [1.29, 1.82) is 0 Å². The molecule has 1 aliphatic heterocycles. The summed E-state index contributed by atoms with van der Waals surface area (Å²) in [6.07, 6.45) is 7.39. The van der Waals surface area contributed by atoms with Crippen molar-refractivity contribution in [3.63, 3.8) is 0 Å². The summed E-state index contributed by atoms with van der Waals surface area (Å²) in [7, 11) is 0. The van der Waals surface area contributed by atoms with Gasteiger partial charge in [-0.2, -0.15) is 0 Å². The van der Waals surface area contributed by atoms with Crippen molar-refractivity contribution in [2.75, 3.05) is 26.2 Å². The lowest BCUT2D eigenvalue weighted by Gasteiger charge is -2.50. The van der Waals surface area contributed by atoms with E-state index < -0.39 is 0 Å². The molecular formula is C28H52N4O3S. The van der Waals surface area contributed by atoms with Crippen LogP contribution in [0.15, 0.2) is 4.42 Å². The van der Waals surface area contributed by atoms with Crippen molar-refractivity contribution >= 4 is 18.5 Å². The number of aromatic nitrogens is 2. The predicted molar refractivity (Wildman–Crippen MR) is 149 cm³/mol. The molecule has 1 N–H and O–H groups in total. The first-order valence-corrected chi connectivity index (χ1v) is 14.4. The van der Waals surface area contributed by atoms with Crippen molar-refractivity contribution in [1.82, 2.24) is 20.4 Å². The number of nitrogens with zero attached hydrogens (tertiary/aromatic N) is 3. The molecule has 1 amide bonds. The van der Waals surface area contributed by atoms with Crippen LogP contribution < -0.4 is 5.32 Å². The van der Waals surface area contributed by atoms with Crippen LogP contribution in [-0.4, -0.2) is 58.7 Å². The minimum absolute atomic E-state index is 0.00387. The van der Waals surface area contributed by atoms with E-state index in [-0.39, 0.29) is 27.6 Å². The van der Waals surface area contributed by atoms with E-state index in [1.54, 1.807) is 0 Å². The molecule has 0 saturated carbocycles. The molecule has 1 saturated heterocycles. The van der Waals surface area contributed by atoms with Crippen molar-refractivity contribution in [2.45, 2.75) is 124 Å². The van der Waals surface area contributed by atoms with Gasteiger partial charge in [0.2, 0.25) is 17.7 Å². The number of nitrogens with one attached hydrogen (secondary N) is 1. The van der Waals surface area contributed by atoms with E-state index in [4.69, 9.17) is 9.15 Å². The van der Waals surface area contributed by atoms with E-state index >= 15 is 0 Å². The van der Waals surface area contributed by atoms with Gasteiger partial charge in [-0.05, 0) is 69.7 Å². The summed E-state index contributed by atoms with van der Waals surface area (Å²) < 4.78 is 11.3. The first-order chi connectivity index (χ1) is 16.7. The van der Waals surface area contributed by atoms with Crippen LogP contribution >= 0.6 is 12.6 Å². The SMILES string of the molecule is CC(CCC(C)(C)C1(C)CCN(C(=O)CCCc2nnc(C(C)(C)C)o2)CC1)NCCCOC(C)S. The van der Waals surface area contributed by atoms with Crippen LogP contribution in [0.25, 0.3) is 0 Å². The molecule has 2 rings (SSSR count). The highest BCUT2D eigenvalue weighted by molar-refractivity contribution is 7.80. The predicted octanol–water partition coefficient (Wildman–Crippen LogP) is 5.79. The molecule has 8 heteroatoms. The second-order valence-electron chi connectivity index (χ2n) is 12.6. The fraction of sp³-hybridized carbons (Fsp3) is 0.893. The van der Waals surface area contributed by atoms with Gasteiger partial charge in [0, 0.05) is 44.0 Å². The summed E-state index contributed by atoms with van der Waals surface area (Å²) in [5.74, 6) is 1.53. The molecule has 2 unspecified atom stereocenters. The standard InChI is InChI=1S/C28H52N4O3S/c1-21(29-17-10-20-34-22(2)36)13-14-27(6,7)28(8)15-18-32(19-16-28)24(33)12-9-11-23-30-31-25(35-23)26(3,4)5/h21-22,29,36H,9-20H2,1-8H3. The van der Waals surface area contributed by atoms with Gasteiger partial charge in [-0.1, -0.05) is 41.5 Å². The number of likely N-dealkylation sites (tertiary alicyclic amines) is 1. The number of aryl methyl sites for hydroxylation is 1. The highest BCUT2D eigenvalue weighted by Crippen LogP contribution is 2.49. The zero-order valence-electron chi connectivity index (χ0n) is 24.2. The summed E-state index contributed by atoms with van der Waals surface area (Å²) >= 11 is 4.25.